The number of aryl methyl sites for hydroxylation is 1. The Hall–Kier alpha value is -1.00. The molecule has 2 aromatic rings. The third kappa shape index (κ3) is 2.57. The van der Waals surface area contributed by atoms with Gasteiger partial charge in [0, 0.05) is 23.7 Å². The van der Waals surface area contributed by atoms with Crippen LogP contribution in [-0.4, -0.2) is 18.0 Å². The van der Waals surface area contributed by atoms with E-state index in [9.17, 15) is 0 Å². The maximum Gasteiger partial charge on any atom is 0.194 e. The van der Waals surface area contributed by atoms with E-state index in [1.807, 2.05) is 11.4 Å². The minimum absolute atomic E-state index is 0.630. The summed E-state index contributed by atoms with van der Waals surface area (Å²) in [5, 5.41) is 1.94. The van der Waals surface area contributed by atoms with Crippen LogP contribution in [0.3, 0.4) is 0 Å². The molecule has 0 N–H and O–H groups in total. The predicted octanol–water partition coefficient (Wildman–Crippen LogP) is 3.58. The molecule has 16 heavy (non-hydrogen) atoms. The Morgan fingerprint density at radius 3 is 3.12 bits per heavy atom. The van der Waals surface area contributed by atoms with E-state index < -0.39 is 0 Å². The Morgan fingerprint density at radius 2 is 2.44 bits per heavy atom. The van der Waals surface area contributed by atoms with Gasteiger partial charge in [-0.15, -0.1) is 22.9 Å². The second kappa shape index (κ2) is 5.37. The van der Waals surface area contributed by atoms with Gasteiger partial charge >= 0.3 is 0 Å². The highest BCUT2D eigenvalue weighted by molar-refractivity contribution is 7.13. The summed E-state index contributed by atoms with van der Waals surface area (Å²) in [5.74, 6) is 3.00. The number of hydrogen-bond acceptors (Lipinski definition) is 4. The van der Waals surface area contributed by atoms with Crippen LogP contribution in [-0.2, 0) is 6.42 Å². The Kier molecular flexibility index (Phi) is 3.85. The van der Waals surface area contributed by atoms with Crippen LogP contribution >= 0.6 is 22.9 Å². The second-order valence-corrected chi connectivity index (χ2v) is 4.55. The summed E-state index contributed by atoms with van der Waals surface area (Å²) in [6, 6.07) is 1.94. The minimum Gasteiger partial charge on any atom is -0.496 e. The first kappa shape index (κ1) is 11.5. The average Bonchev–Trinajstić information content (AvgIpc) is 2.94. The average molecular weight is 258 g/mol. The van der Waals surface area contributed by atoms with E-state index in [1.165, 1.54) is 0 Å². The molecule has 0 amide bonds. The van der Waals surface area contributed by atoms with E-state index in [4.69, 9.17) is 20.8 Å². The van der Waals surface area contributed by atoms with Crippen LogP contribution in [0.4, 0.5) is 0 Å². The van der Waals surface area contributed by atoms with E-state index in [0.717, 1.165) is 35.1 Å². The van der Waals surface area contributed by atoms with Crippen molar-refractivity contribution >= 4 is 22.9 Å². The summed E-state index contributed by atoms with van der Waals surface area (Å²) in [4.78, 5) is 5.23. The fourth-order valence-corrected chi connectivity index (χ4v) is 2.25. The van der Waals surface area contributed by atoms with E-state index >= 15 is 0 Å². The van der Waals surface area contributed by atoms with Gasteiger partial charge in [-0.25, -0.2) is 4.98 Å². The van der Waals surface area contributed by atoms with Gasteiger partial charge in [0.05, 0.1) is 18.2 Å². The molecular formula is C11H12ClNO2S. The van der Waals surface area contributed by atoms with Crippen LogP contribution in [0, 0.1) is 0 Å². The maximum atomic E-state index is 5.61. The standard InChI is InChI=1S/C11H12ClNO2S/c1-14-8-5-10(16-7-8)9-6-13-11(15-9)3-2-4-12/h5-7H,2-4H2,1H3. The highest BCUT2D eigenvalue weighted by Gasteiger charge is 2.08. The number of hydrogen-bond donors (Lipinski definition) is 0. The molecule has 2 aromatic heterocycles. The van der Waals surface area contributed by atoms with E-state index in [2.05, 4.69) is 4.98 Å². The Balaban J connectivity index is 2.11. The summed E-state index contributed by atoms with van der Waals surface area (Å²) in [7, 11) is 1.65. The number of thiophene rings is 1. The van der Waals surface area contributed by atoms with Crippen LogP contribution in [0.5, 0.6) is 5.75 Å². The fraction of sp³-hybridized carbons (Fsp3) is 0.364. The second-order valence-electron chi connectivity index (χ2n) is 3.26. The van der Waals surface area contributed by atoms with Gasteiger partial charge in [-0.3, -0.25) is 0 Å². The van der Waals surface area contributed by atoms with Crippen molar-refractivity contribution in [3.05, 3.63) is 23.5 Å². The maximum absolute atomic E-state index is 5.61. The minimum atomic E-state index is 0.630. The first-order chi connectivity index (χ1) is 7.83. The Morgan fingerprint density at radius 1 is 1.56 bits per heavy atom. The number of oxazole rings is 1. The predicted molar refractivity (Wildman–Crippen MR) is 65.4 cm³/mol. The molecule has 5 heteroatoms. The van der Waals surface area contributed by atoms with Crippen LogP contribution < -0.4 is 4.74 Å². The molecule has 0 saturated carbocycles. The zero-order chi connectivity index (χ0) is 11.4. The number of rotatable bonds is 5. The van der Waals surface area contributed by atoms with Crippen molar-refractivity contribution in [1.82, 2.24) is 4.98 Å². The van der Waals surface area contributed by atoms with Crippen LogP contribution in [0.25, 0.3) is 10.6 Å². The lowest BCUT2D eigenvalue weighted by Gasteiger charge is -1.91. The molecule has 0 spiro atoms. The van der Waals surface area contributed by atoms with Crippen molar-refractivity contribution in [3.8, 4) is 16.4 Å². The molecule has 0 aromatic carbocycles. The van der Waals surface area contributed by atoms with Gasteiger partial charge in [-0.05, 0) is 6.42 Å². The molecule has 2 heterocycles. The summed E-state index contributed by atoms with van der Waals surface area (Å²) in [6.07, 6.45) is 3.41. The first-order valence-electron chi connectivity index (χ1n) is 4.97. The third-order valence-corrected chi connectivity index (χ3v) is 3.32. The summed E-state index contributed by atoms with van der Waals surface area (Å²) in [5.41, 5.74) is 0. The lowest BCUT2D eigenvalue weighted by atomic mass is 10.3. The highest BCUT2D eigenvalue weighted by atomic mass is 35.5. The number of alkyl halides is 1. The van der Waals surface area contributed by atoms with E-state index in [1.54, 1.807) is 24.6 Å². The zero-order valence-corrected chi connectivity index (χ0v) is 10.5. The Labute approximate surface area is 103 Å². The first-order valence-corrected chi connectivity index (χ1v) is 6.38. The third-order valence-electron chi connectivity index (χ3n) is 2.13. The quantitative estimate of drug-likeness (QED) is 0.768. The molecule has 0 aliphatic heterocycles. The number of halogens is 1. The van der Waals surface area contributed by atoms with Crippen molar-refractivity contribution in [1.29, 1.82) is 0 Å². The molecule has 86 valence electrons. The molecule has 0 radical (unpaired) electrons. The molecule has 0 saturated heterocycles. The van der Waals surface area contributed by atoms with Crippen molar-refractivity contribution in [2.24, 2.45) is 0 Å². The van der Waals surface area contributed by atoms with Gasteiger partial charge in [-0.2, -0.15) is 0 Å². The van der Waals surface area contributed by atoms with E-state index in [-0.39, 0.29) is 0 Å². The molecule has 0 bridgehead atoms. The van der Waals surface area contributed by atoms with Crippen molar-refractivity contribution < 1.29 is 9.15 Å². The van der Waals surface area contributed by atoms with Crippen molar-refractivity contribution in [2.75, 3.05) is 13.0 Å². The zero-order valence-electron chi connectivity index (χ0n) is 8.90. The smallest absolute Gasteiger partial charge is 0.194 e. The van der Waals surface area contributed by atoms with Crippen LogP contribution in [0.2, 0.25) is 0 Å². The normalized spacial score (nSPS) is 10.6. The topological polar surface area (TPSA) is 35.3 Å². The summed E-state index contributed by atoms with van der Waals surface area (Å²) >= 11 is 7.19. The number of ether oxygens (including phenoxy) is 1. The monoisotopic (exact) mass is 257 g/mol. The van der Waals surface area contributed by atoms with Gasteiger partial charge < -0.3 is 9.15 Å². The lowest BCUT2D eigenvalue weighted by molar-refractivity contribution is 0.416. The van der Waals surface area contributed by atoms with Crippen LogP contribution in [0.1, 0.15) is 12.3 Å². The van der Waals surface area contributed by atoms with Crippen molar-refractivity contribution in [3.63, 3.8) is 0 Å². The molecule has 0 aliphatic rings. The summed E-state index contributed by atoms with van der Waals surface area (Å²) < 4.78 is 10.7. The lowest BCUT2D eigenvalue weighted by Crippen LogP contribution is -1.84. The molecule has 0 unspecified atom stereocenters. The van der Waals surface area contributed by atoms with E-state index in [0.29, 0.717) is 5.88 Å². The largest absolute Gasteiger partial charge is 0.496 e. The molecule has 3 nitrogen and oxygen atoms in total. The SMILES string of the molecule is COc1csc(-c2cnc(CCCCl)o2)c1. The van der Waals surface area contributed by atoms with Gasteiger partial charge in [0.2, 0.25) is 0 Å². The highest BCUT2D eigenvalue weighted by Crippen LogP contribution is 2.31. The van der Waals surface area contributed by atoms with Gasteiger partial charge in [0.15, 0.2) is 11.7 Å². The number of nitrogens with zero attached hydrogens (tertiary/aromatic N) is 1. The number of aromatic nitrogens is 1. The number of methoxy groups -OCH3 is 1. The van der Waals surface area contributed by atoms with Crippen molar-refractivity contribution in [2.45, 2.75) is 12.8 Å². The molecule has 0 atom stereocenters. The van der Waals surface area contributed by atoms with Gasteiger partial charge in [-0.1, -0.05) is 0 Å². The van der Waals surface area contributed by atoms with Crippen LogP contribution in [0.15, 0.2) is 22.1 Å². The molecule has 2 rings (SSSR count). The van der Waals surface area contributed by atoms with Gasteiger partial charge in [0.25, 0.3) is 0 Å². The molecule has 0 fully saturated rings. The molecule has 0 aliphatic carbocycles. The van der Waals surface area contributed by atoms with Gasteiger partial charge in [0.1, 0.15) is 5.75 Å². The Bertz CT molecular complexity index is 452. The summed E-state index contributed by atoms with van der Waals surface area (Å²) in [6.45, 7) is 0. The fourth-order valence-electron chi connectivity index (χ4n) is 1.31. The molecular weight excluding hydrogens is 246 g/mol.